The number of carbonyl (C=O) groups is 1. The number of rotatable bonds is 2. The first-order valence-corrected chi connectivity index (χ1v) is 5.20. The van der Waals surface area contributed by atoms with Gasteiger partial charge in [-0.15, -0.1) is 0 Å². The maximum Gasteiger partial charge on any atom is 0.218 e. The molecular formula is C8H5ClN2OS. The van der Waals surface area contributed by atoms with Crippen molar-refractivity contribution in [3.05, 3.63) is 24.5 Å². The van der Waals surface area contributed by atoms with Gasteiger partial charge in [0, 0.05) is 17.3 Å². The van der Waals surface area contributed by atoms with Gasteiger partial charge in [0.1, 0.15) is 0 Å². The molecule has 0 bridgehead atoms. The Balaban J connectivity index is 2.71. The summed E-state index contributed by atoms with van der Waals surface area (Å²) in [4.78, 5) is 15.5. The summed E-state index contributed by atoms with van der Waals surface area (Å²) in [5.74, 6) is 0. The standard InChI is InChI=1S/C8H5ClN2OS/c9-13-6-3-8-7(10-4-6)1-2-11(8)5-12/h1-5H. The summed E-state index contributed by atoms with van der Waals surface area (Å²) in [5, 5.41) is 0. The van der Waals surface area contributed by atoms with Crippen LogP contribution in [0.1, 0.15) is 0 Å². The van der Waals surface area contributed by atoms with E-state index in [0.717, 1.165) is 33.3 Å². The minimum atomic E-state index is 0.743. The van der Waals surface area contributed by atoms with Crippen LogP contribution in [0.2, 0.25) is 0 Å². The predicted octanol–water partition coefficient (Wildman–Crippen LogP) is 2.32. The van der Waals surface area contributed by atoms with E-state index in [4.69, 9.17) is 10.7 Å². The van der Waals surface area contributed by atoms with E-state index in [1.165, 1.54) is 4.57 Å². The summed E-state index contributed by atoms with van der Waals surface area (Å²) < 4.78 is 1.47. The average Bonchev–Trinajstić information content (AvgIpc) is 2.59. The number of carbonyl (C=O) groups excluding carboxylic acids is 1. The molecule has 3 nitrogen and oxygen atoms in total. The van der Waals surface area contributed by atoms with Crippen molar-refractivity contribution in [1.82, 2.24) is 9.55 Å². The highest BCUT2D eigenvalue weighted by atomic mass is 35.7. The van der Waals surface area contributed by atoms with E-state index in [0.29, 0.717) is 0 Å². The van der Waals surface area contributed by atoms with Gasteiger partial charge in [-0.05, 0) is 33.8 Å². The lowest BCUT2D eigenvalue weighted by atomic mass is 10.4. The average molecular weight is 213 g/mol. The highest BCUT2D eigenvalue weighted by molar-refractivity contribution is 8.21. The lowest BCUT2D eigenvalue weighted by molar-refractivity contribution is 0.549. The number of aromatic nitrogens is 2. The zero-order chi connectivity index (χ0) is 9.26. The Labute approximate surface area is 83.2 Å². The number of fused-ring (bicyclic) bond motifs is 1. The van der Waals surface area contributed by atoms with E-state index in [-0.39, 0.29) is 0 Å². The molecule has 0 fully saturated rings. The predicted molar refractivity (Wildman–Crippen MR) is 53.6 cm³/mol. The maximum atomic E-state index is 10.6. The van der Waals surface area contributed by atoms with Crippen molar-refractivity contribution in [2.75, 3.05) is 0 Å². The van der Waals surface area contributed by atoms with Crippen molar-refractivity contribution >= 4 is 39.1 Å². The molecule has 2 aromatic rings. The van der Waals surface area contributed by atoms with Crippen molar-refractivity contribution in [1.29, 1.82) is 0 Å². The lowest BCUT2D eigenvalue weighted by Gasteiger charge is -1.96. The van der Waals surface area contributed by atoms with Gasteiger partial charge < -0.3 is 0 Å². The second-order valence-electron chi connectivity index (χ2n) is 2.48. The molecule has 0 N–H and O–H groups in total. The zero-order valence-corrected chi connectivity index (χ0v) is 8.05. The number of pyridine rings is 1. The lowest BCUT2D eigenvalue weighted by Crippen LogP contribution is -1.91. The smallest absolute Gasteiger partial charge is 0.218 e. The van der Waals surface area contributed by atoms with E-state index < -0.39 is 0 Å². The van der Waals surface area contributed by atoms with Crippen LogP contribution in [0, 0.1) is 0 Å². The molecule has 66 valence electrons. The molecule has 0 aliphatic carbocycles. The molecule has 0 saturated heterocycles. The van der Waals surface area contributed by atoms with E-state index in [2.05, 4.69) is 4.98 Å². The first-order valence-electron chi connectivity index (χ1n) is 3.55. The highest BCUT2D eigenvalue weighted by Crippen LogP contribution is 2.24. The van der Waals surface area contributed by atoms with Crippen LogP contribution in [-0.4, -0.2) is 16.0 Å². The van der Waals surface area contributed by atoms with Crippen LogP contribution >= 0.6 is 21.7 Å². The monoisotopic (exact) mass is 212 g/mol. The van der Waals surface area contributed by atoms with Gasteiger partial charge in [-0.1, -0.05) is 0 Å². The third-order valence-corrected chi connectivity index (χ3v) is 2.68. The van der Waals surface area contributed by atoms with Crippen molar-refractivity contribution in [2.45, 2.75) is 4.90 Å². The number of halogens is 1. The first-order chi connectivity index (χ1) is 6.35. The highest BCUT2D eigenvalue weighted by Gasteiger charge is 2.02. The van der Waals surface area contributed by atoms with Gasteiger partial charge in [0.15, 0.2) is 0 Å². The van der Waals surface area contributed by atoms with Crippen molar-refractivity contribution < 1.29 is 4.79 Å². The van der Waals surface area contributed by atoms with Crippen LogP contribution in [0.15, 0.2) is 29.4 Å². The summed E-state index contributed by atoms with van der Waals surface area (Å²) in [7, 11) is 6.66. The van der Waals surface area contributed by atoms with Crippen molar-refractivity contribution in [3.63, 3.8) is 0 Å². The molecule has 2 aromatic heterocycles. The SMILES string of the molecule is O=Cn1ccc2ncc(SCl)cc21. The fourth-order valence-corrected chi connectivity index (χ4v) is 1.65. The summed E-state index contributed by atoms with van der Waals surface area (Å²) in [5.41, 5.74) is 1.57. The van der Waals surface area contributed by atoms with Crippen LogP contribution in [0.4, 0.5) is 0 Å². The molecule has 0 saturated carbocycles. The van der Waals surface area contributed by atoms with Gasteiger partial charge in [-0.3, -0.25) is 14.3 Å². The summed E-state index contributed by atoms with van der Waals surface area (Å²) in [6.45, 7) is 0. The van der Waals surface area contributed by atoms with Gasteiger partial charge in [0.2, 0.25) is 6.41 Å². The summed E-state index contributed by atoms with van der Waals surface area (Å²) in [6, 6.07) is 3.61. The maximum absolute atomic E-state index is 10.6. The molecule has 0 atom stereocenters. The molecule has 2 rings (SSSR count). The van der Waals surface area contributed by atoms with Gasteiger partial charge in [-0.2, -0.15) is 0 Å². The zero-order valence-electron chi connectivity index (χ0n) is 6.48. The molecule has 0 radical (unpaired) electrons. The van der Waals surface area contributed by atoms with E-state index in [1.807, 2.05) is 6.07 Å². The molecule has 0 amide bonds. The quantitative estimate of drug-likeness (QED) is 0.717. The minimum absolute atomic E-state index is 0.743. The fraction of sp³-hybridized carbons (Fsp3) is 0. The van der Waals surface area contributed by atoms with Crippen LogP contribution in [0.5, 0.6) is 0 Å². The molecule has 0 aliphatic heterocycles. The molecule has 0 unspecified atom stereocenters. The molecule has 0 aliphatic rings. The fourth-order valence-electron chi connectivity index (χ4n) is 1.15. The van der Waals surface area contributed by atoms with Crippen molar-refractivity contribution in [3.8, 4) is 0 Å². The normalized spacial score (nSPS) is 10.5. The summed E-state index contributed by atoms with van der Waals surface area (Å²) >= 11 is 0. The van der Waals surface area contributed by atoms with Crippen LogP contribution in [-0.2, 0) is 4.79 Å². The molecular weight excluding hydrogens is 208 g/mol. The molecule has 2 heterocycles. The number of hydrogen-bond donors (Lipinski definition) is 0. The second kappa shape index (κ2) is 3.40. The largest absolute Gasteiger partial charge is 0.288 e. The van der Waals surface area contributed by atoms with Crippen LogP contribution in [0.3, 0.4) is 0 Å². The molecule has 0 aromatic carbocycles. The van der Waals surface area contributed by atoms with Crippen LogP contribution < -0.4 is 0 Å². The molecule has 13 heavy (non-hydrogen) atoms. The second-order valence-corrected chi connectivity index (χ2v) is 3.57. The minimum Gasteiger partial charge on any atom is -0.288 e. The molecule has 5 heteroatoms. The van der Waals surface area contributed by atoms with Gasteiger partial charge >= 0.3 is 0 Å². The Morgan fingerprint density at radius 3 is 3.15 bits per heavy atom. The van der Waals surface area contributed by atoms with Crippen molar-refractivity contribution in [2.24, 2.45) is 0 Å². The Morgan fingerprint density at radius 2 is 2.46 bits per heavy atom. The van der Waals surface area contributed by atoms with Gasteiger partial charge in [0.25, 0.3) is 0 Å². The Bertz CT molecular complexity index is 454. The van der Waals surface area contributed by atoms with Gasteiger partial charge in [-0.25, -0.2) is 0 Å². The van der Waals surface area contributed by atoms with Crippen LogP contribution in [0.25, 0.3) is 11.0 Å². The Kier molecular flexibility index (Phi) is 2.24. The number of hydrogen-bond acceptors (Lipinski definition) is 3. The Hall–Kier alpha value is -1.000. The van der Waals surface area contributed by atoms with E-state index >= 15 is 0 Å². The molecule has 0 spiro atoms. The summed E-state index contributed by atoms with van der Waals surface area (Å²) in [6.07, 6.45) is 4.09. The number of nitrogens with zero attached hydrogens (tertiary/aromatic N) is 2. The van der Waals surface area contributed by atoms with Gasteiger partial charge in [0.05, 0.1) is 11.0 Å². The Morgan fingerprint density at radius 1 is 1.62 bits per heavy atom. The van der Waals surface area contributed by atoms with E-state index in [1.54, 1.807) is 18.5 Å². The van der Waals surface area contributed by atoms with E-state index in [9.17, 15) is 4.79 Å². The first kappa shape index (κ1) is 8.59. The topological polar surface area (TPSA) is 34.9 Å². The third-order valence-electron chi connectivity index (χ3n) is 1.75. The third kappa shape index (κ3) is 1.43.